The Balaban J connectivity index is 2.37. The third-order valence-corrected chi connectivity index (χ3v) is 4.32. The lowest BCUT2D eigenvalue weighted by molar-refractivity contribution is 0.0996. The number of carbonyl (C=O) groups excluding carboxylic acids is 1. The number of ether oxygens (including phenoxy) is 1. The first-order valence-corrected chi connectivity index (χ1v) is 8.45. The summed E-state index contributed by atoms with van der Waals surface area (Å²) in [5.74, 6) is 0.224. The van der Waals surface area contributed by atoms with Crippen molar-refractivity contribution < 1.29 is 9.53 Å². The van der Waals surface area contributed by atoms with Crippen molar-refractivity contribution in [1.82, 2.24) is 4.90 Å². The van der Waals surface area contributed by atoms with Crippen LogP contribution in [0, 0.1) is 0 Å². The molecule has 0 spiro atoms. The first-order chi connectivity index (χ1) is 10.6. The highest BCUT2D eigenvalue weighted by molar-refractivity contribution is 5.96. The molecule has 0 saturated carbocycles. The molecule has 1 atom stereocenters. The fourth-order valence-electron chi connectivity index (χ4n) is 3.46. The van der Waals surface area contributed by atoms with Gasteiger partial charge in [-0.3, -0.25) is 9.69 Å². The molecule has 0 aliphatic heterocycles. The molecule has 2 rings (SSSR count). The molecule has 1 amide bonds. The molecule has 22 heavy (non-hydrogen) atoms. The molecule has 1 aliphatic rings. The third kappa shape index (κ3) is 3.43. The van der Waals surface area contributed by atoms with Crippen molar-refractivity contribution in [2.75, 3.05) is 19.7 Å². The Bertz CT molecular complexity index is 522. The summed E-state index contributed by atoms with van der Waals surface area (Å²) < 4.78 is 5.65. The number of hydrogen-bond acceptors (Lipinski definition) is 3. The molecule has 0 heterocycles. The number of rotatable bonds is 8. The van der Waals surface area contributed by atoms with Crippen LogP contribution in [-0.2, 0) is 6.42 Å². The second kappa shape index (κ2) is 7.63. The fraction of sp³-hybridized carbons (Fsp3) is 0.611. The molecular formula is C18H28N2O2. The topological polar surface area (TPSA) is 55.6 Å². The van der Waals surface area contributed by atoms with E-state index in [1.54, 1.807) is 0 Å². The molecular weight excluding hydrogens is 276 g/mol. The second-order valence-electron chi connectivity index (χ2n) is 5.93. The van der Waals surface area contributed by atoms with E-state index in [4.69, 9.17) is 10.5 Å². The lowest BCUT2D eigenvalue weighted by atomic mass is 10.0. The van der Waals surface area contributed by atoms with Crippen molar-refractivity contribution in [3.05, 3.63) is 28.8 Å². The van der Waals surface area contributed by atoms with Gasteiger partial charge in [-0.25, -0.2) is 0 Å². The van der Waals surface area contributed by atoms with Gasteiger partial charge in [-0.05, 0) is 69.0 Å². The normalized spacial score (nSPS) is 16.8. The maximum absolute atomic E-state index is 11.6. The molecule has 2 N–H and O–H groups in total. The highest BCUT2D eigenvalue weighted by atomic mass is 16.5. The van der Waals surface area contributed by atoms with Gasteiger partial charge < -0.3 is 10.5 Å². The standard InChI is InChI=1S/C18H28N2O2/c1-4-9-20(10-5-2)16-8-7-13-11-15(18(19)21)17(22-6-3)12-14(13)16/h11-12,16H,4-10H2,1-3H3,(H2,19,21)/t16-/m0/s1. The van der Waals surface area contributed by atoms with E-state index < -0.39 is 5.91 Å². The van der Waals surface area contributed by atoms with Gasteiger partial charge in [0, 0.05) is 6.04 Å². The monoisotopic (exact) mass is 304 g/mol. The highest BCUT2D eigenvalue weighted by Gasteiger charge is 2.29. The second-order valence-corrected chi connectivity index (χ2v) is 5.93. The largest absolute Gasteiger partial charge is 0.493 e. The van der Waals surface area contributed by atoms with E-state index in [-0.39, 0.29) is 0 Å². The van der Waals surface area contributed by atoms with Crippen molar-refractivity contribution >= 4 is 5.91 Å². The SMILES string of the molecule is CCCN(CCC)[C@H]1CCc2cc(C(N)=O)c(OCC)cc21. The van der Waals surface area contributed by atoms with E-state index in [1.165, 1.54) is 11.1 Å². The Morgan fingerprint density at radius 2 is 1.95 bits per heavy atom. The zero-order valence-corrected chi connectivity index (χ0v) is 14.0. The molecule has 0 fully saturated rings. The summed E-state index contributed by atoms with van der Waals surface area (Å²) in [5.41, 5.74) is 8.58. The number of nitrogens with zero attached hydrogens (tertiary/aromatic N) is 1. The van der Waals surface area contributed by atoms with E-state index >= 15 is 0 Å². The Morgan fingerprint density at radius 1 is 1.27 bits per heavy atom. The molecule has 1 aromatic rings. The average Bonchev–Trinajstić information content (AvgIpc) is 2.89. The van der Waals surface area contributed by atoms with Crippen LogP contribution in [0.15, 0.2) is 12.1 Å². The maximum Gasteiger partial charge on any atom is 0.252 e. The number of aryl methyl sites for hydroxylation is 1. The highest BCUT2D eigenvalue weighted by Crippen LogP contribution is 2.39. The predicted octanol–water partition coefficient (Wildman–Crippen LogP) is 3.29. The van der Waals surface area contributed by atoms with Crippen molar-refractivity contribution in [2.24, 2.45) is 5.73 Å². The van der Waals surface area contributed by atoms with Crippen molar-refractivity contribution in [2.45, 2.75) is 52.5 Å². The summed E-state index contributed by atoms with van der Waals surface area (Å²) in [7, 11) is 0. The molecule has 0 aromatic heterocycles. The predicted molar refractivity (Wildman–Crippen MR) is 89.3 cm³/mol. The number of carbonyl (C=O) groups is 1. The van der Waals surface area contributed by atoms with Gasteiger partial charge in [0.25, 0.3) is 5.91 Å². The fourth-order valence-corrected chi connectivity index (χ4v) is 3.46. The Kier molecular flexibility index (Phi) is 5.83. The molecule has 0 unspecified atom stereocenters. The van der Waals surface area contributed by atoms with Crippen LogP contribution < -0.4 is 10.5 Å². The first kappa shape index (κ1) is 16.8. The van der Waals surface area contributed by atoms with E-state index in [0.717, 1.165) is 38.8 Å². The molecule has 0 radical (unpaired) electrons. The Morgan fingerprint density at radius 3 is 2.50 bits per heavy atom. The minimum Gasteiger partial charge on any atom is -0.493 e. The molecule has 0 bridgehead atoms. The number of primary amides is 1. The van der Waals surface area contributed by atoms with Crippen LogP contribution in [-0.4, -0.2) is 30.5 Å². The zero-order chi connectivity index (χ0) is 16.1. The van der Waals surface area contributed by atoms with Crippen LogP contribution in [0.2, 0.25) is 0 Å². The van der Waals surface area contributed by atoms with Crippen molar-refractivity contribution in [3.8, 4) is 5.75 Å². The third-order valence-electron chi connectivity index (χ3n) is 4.32. The van der Waals surface area contributed by atoms with Gasteiger partial charge in [-0.15, -0.1) is 0 Å². The maximum atomic E-state index is 11.6. The number of hydrogen-bond donors (Lipinski definition) is 1. The molecule has 1 aromatic carbocycles. The summed E-state index contributed by atoms with van der Waals surface area (Å²) in [6.07, 6.45) is 4.44. The molecule has 122 valence electrons. The van der Waals surface area contributed by atoms with Crippen LogP contribution in [0.25, 0.3) is 0 Å². The summed E-state index contributed by atoms with van der Waals surface area (Å²) in [4.78, 5) is 14.2. The van der Waals surface area contributed by atoms with Crippen molar-refractivity contribution in [1.29, 1.82) is 0 Å². The zero-order valence-electron chi connectivity index (χ0n) is 14.0. The quantitative estimate of drug-likeness (QED) is 0.802. The Hall–Kier alpha value is -1.55. The van der Waals surface area contributed by atoms with Gasteiger partial charge >= 0.3 is 0 Å². The summed E-state index contributed by atoms with van der Waals surface area (Å²) in [6, 6.07) is 4.43. The Labute approximate surface area is 133 Å². The van der Waals surface area contributed by atoms with Gasteiger partial charge in [0.1, 0.15) is 5.75 Å². The number of nitrogens with two attached hydrogens (primary N) is 1. The van der Waals surface area contributed by atoms with Crippen LogP contribution in [0.4, 0.5) is 0 Å². The summed E-state index contributed by atoms with van der Waals surface area (Å²) in [5, 5.41) is 0. The molecule has 4 nitrogen and oxygen atoms in total. The van der Waals surface area contributed by atoms with Gasteiger partial charge in [0.2, 0.25) is 0 Å². The molecule has 0 saturated heterocycles. The van der Waals surface area contributed by atoms with E-state index in [9.17, 15) is 4.79 Å². The van der Waals surface area contributed by atoms with Crippen LogP contribution in [0.3, 0.4) is 0 Å². The number of benzene rings is 1. The van der Waals surface area contributed by atoms with E-state index in [1.807, 2.05) is 13.0 Å². The lowest BCUT2D eigenvalue weighted by Gasteiger charge is -2.29. The number of amides is 1. The van der Waals surface area contributed by atoms with Gasteiger partial charge in [0.15, 0.2) is 0 Å². The summed E-state index contributed by atoms with van der Waals surface area (Å²) >= 11 is 0. The van der Waals surface area contributed by atoms with Crippen LogP contribution >= 0.6 is 0 Å². The van der Waals surface area contributed by atoms with Crippen LogP contribution in [0.1, 0.15) is 67.6 Å². The lowest BCUT2D eigenvalue weighted by Crippen LogP contribution is -2.29. The number of fused-ring (bicyclic) bond motifs is 1. The molecule has 4 heteroatoms. The summed E-state index contributed by atoms with van der Waals surface area (Å²) in [6.45, 7) is 9.13. The minimum absolute atomic E-state index is 0.409. The molecule has 1 aliphatic carbocycles. The van der Waals surface area contributed by atoms with Crippen molar-refractivity contribution in [3.63, 3.8) is 0 Å². The van der Waals surface area contributed by atoms with Gasteiger partial charge in [0.05, 0.1) is 12.2 Å². The minimum atomic E-state index is -0.409. The van der Waals surface area contributed by atoms with Gasteiger partial charge in [-0.2, -0.15) is 0 Å². The smallest absolute Gasteiger partial charge is 0.252 e. The van der Waals surface area contributed by atoms with E-state index in [0.29, 0.717) is 24.0 Å². The van der Waals surface area contributed by atoms with Crippen LogP contribution in [0.5, 0.6) is 5.75 Å². The average molecular weight is 304 g/mol. The van der Waals surface area contributed by atoms with Gasteiger partial charge in [-0.1, -0.05) is 13.8 Å². The van der Waals surface area contributed by atoms with E-state index in [2.05, 4.69) is 24.8 Å². The first-order valence-electron chi connectivity index (χ1n) is 8.45.